The third kappa shape index (κ3) is 2.94. The highest BCUT2D eigenvalue weighted by Crippen LogP contribution is 2.28. The lowest BCUT2D eigenvalue weighted by Crippen LogP contribution is -2.22. The largest absolute Gasteiger partial charge is 0.440 e. The minimum atomic E-state index is -0.306. The quantitative estimate of drug-likeness (QED) is 0.915. The van der Waals surface area contributed by atoms with Crippen molar-refractivity contribution in [1.29, 1.82) is 0 Å². The molecule has 0 aliphatic heterocycles. The lowest BCUT2D eigenvalue weighted by Gasteiger charge is -2.04. The van der Waals surface area contributed by atoms with Crippen molar-refractivity contribution in [3.8, 4) is 10.8 Å². The molecule has 2 N–H and O–H groups in total. The Morgan fingerprint density at radius 3 is 3.06 bits per heavy atom. The maximum Gasteiger partial charge on any atom is 0.236 e. The maximum atomic E-state index is 11.0. The molecule has 1 amide bonds. The van der Waals surface area contributed by atoms with Gasteiger partial charge in [-0.3, -0.25) is 4.79 Å². The van der Waals surface area contributed by atoms with E-state index >= 15 is 0 Å². The molecule has 96 valence electrons. The first kappa shape index (κ1) is 13.2. The van der Waals surface area contributed by atoms with Crippen molar-refractivity contribution in [3.63, 3.8) is 0 Å². The number of nitrogens with zero attached hydrogens (tertiary/aromatic N) is 1. The van der Waals surface area contributed by atoms with E-state index in [1.165, 1.54) is 11.8 Å². The number of rotatable bonds is 5. The topological polar surface area (TPSA) is 69.1 Å². The Morgan fingerprint density at radius 1 is 1.67 bits per heavy atom. The predicted molar refractivity (Wildman–Crippen MR) is 74.5 cm³/mol. The molecular formula is C12H14N2O2S2. The molecule has 18 heavy (non-hydrogen) atoms. The molecule has 0 fully saturated rings. The van der Waals surface area contributed by atoms with Crippen LogP contribution in [0.4, 0.5) is 0 Å². The normalized spacial score (nSPS) is 12.6. The SMILES string of the molecule is Cc1oc(-c2cccs2)nc1CSC(C)C(N)=O. The lowest BCUT2D eigenvalue weighted by molar-refractivity contribution is -0.117. The van der Waals surface area contributed by atoms with Gasteiger partial charge in [0.1, 0.15) is 5.76 Å². The van der Waals surface area contributed by atoms with Gasteiger partial charge in [-0.1, -0.05) is 6.07 Å². The summed E-state index contributed by atoms with van der Waals surface area (Å²) in [5.74, 6) is 1.76. The molecule has 0 aromatic carbocycles. The van der Waals surface area contributed by atoms with Crippen LogP contribution in [0, 0.1) is 6.92 Å². The average molecular weight is 282 g/mol. The van der Waals surface area contributed by atoms with Gasteiger partial charge in [0.2, 0.25) is 11.8 Å². The number of carbonyl (C=O) groups excluding carboxylic acids is 1. The number of hydrogen-bond acceptors (Lipinski definition) is 5. The van der Waals surface area contributed by atoms with Gasteiger partial charge >= 0.3 is 0 Å². The second kappa shape index (κ2) is 5.58. The molecule has 0 spiro atoms. The van der Waals surface area contributed by atoms with E-state index in [1.54, 1.807) is 18.3 Å². The standard InChI is InChI=1S/C12H14N2O2S2/c1-7-9(6-18-8(2)11(13)15)14-12(16-7)10-4-3-5-17-10/h3-5,8H,6H2,1-2H3,(H2,13,15). The average Bonchev–Trinajstić information content (AvgIpc) is 2.94. The number of primary amides is 1. The fourth-order valence-corrected chi connectivity index (χ4v) is 2.84. The van der Waals surface area contributed by atoms with Gasteiger partial charge in [0.15, 0.2) is 0 Å². The number of thioether (sulfide) groups is 1. The molecule has 0 saturated heterocycles. The van der Waals surface area contributed by atoms with Crippen LogP contribution in [0.15, 0.2) is 21.9 Å². The number of thiophene rings is 1. The molecule has 6 heteroatoms. The van der Waals surface area contributed by atoms with Gasteiger partial charge in [0.05, 0.1) is 15.8 Å². The van der Waals surface area contributed by atoms with E-state index in [9.17, 15) is 4.79 Å². The second-order valence-corrected chi connectivity index (χ2v) is 6.13. The van der Waals surface area contributed by atoms with Crippen LogP contribution in [0.3, 0.4) is 0 Å². The summed E-state index contributed by atoms with van der Waals surface area (Å²) in [4.78, 5) is 16.4. The van der Waals surface area contributed by atoms with Crippen molar-refractivity contribution < 1.29 is 9.21 Å². The molecule has 0 aliphatic carbocycles. The first-order valence-electron chi connectivity index (χ1n) is 5.49. The molecule has 2 heterocycles. The van der Waals surface area contributed by atoms with E-state index in [0.717, 1.165) is 16.3 Å². The molecule has 0 saturated carbocycles. The van der Waals surface area contributed by atoms with Gasteiger partial charge in [0.25, 0.3) is 0 Å². The van der Waals surface area contributed by atoms with Crippen molar-refractivity contribution in [1.82, 2.24) is 4.98 Å². The van der Waals surface area contributed by atoms with Gasteiger partial charge in [-0.2, -0.15) is 0 Å². The molecule has 2 aromatic rings. The van der Waals surface area contributed by atoms with Crippen LogP contribution in [-0.2, 0) is 10.5 Å². The highest BCUT2D eigenvalue weighted by Gasteiger charge is 2.15. The highest BCUT2D eigenvalue weighted by atomic mass is 32.2. The van der Waals surface area contributed by atoms with Crippen molar-refractivity contribution in [2.75, 3.05) is 0 Å². The van der Waals surface area contributed by atoms with Crippen LogP contribution in [0.25, 0.3) is 10.8 Å². The zero-order valence-electron chi connectivity index (χ0n) is 10.2. The Balaban J connectivity index is 2.08. The van der Waals surface area contributed by atoms with E-state index in [0.29, 0.717) is 11.6 Å². The third-order valence-electron chi connectivity index (χ3n) is 2.50. The third-order valence-corrected chi connectivity index (χ3v) is 4.53. The van der Waals surface area contributed by atoms with Crippen LogP contribution >= 0.6 is 23.1 Å². The Hall–Kier alpha value is -1.27. The molecule has 0 bridgehead atoms. The van der Waals surface area contributed by atoms with Gasteiger partial charge in [-0.05, 0) is 25.3 Å². The fraction of sp³-hybridized carbons (Fsp3) is 0.333. The number of amides is 1. The molecule has 1 atom stereocenters. The molecule has 2 rings (SSSR count). The van der Waals surface area contributed by atoms with E-state index in [2.05, 4.69) is 4.98 Å². The van der Waals surface area contributed by atoms with Crippen molar-refractivity contribution in [2.24, 2.45) is 5.73 Å². The van der Waals surface area contributed by atoms with Crippen molar-refractivity contribution in [2.45, 2.75) is 24.9 Å². The fourth-order valence-electron chi connectivity index (χ4n) is 1.35. The van der Waals surface area contributed by atoms with Gasteiger partial charge in [-0.15, -0.1) is 23.1 Å². The number of aromatic nitrogens is 1. The van der Waals surface area contributed by atoms with Crippen LogP contribution in [0.5, 0.6) is 0 Å². The van der Waals surface area contributed by atoms with Crippen LogP contribution in [0.2, 0.25) is 0 Å². The number of oxazole rings is 1. The van der Waals surface area contributed by atoms with E-state index < -0.39 is 0 Å². The van der Waals surface area contributed by atoms with Crippen LogP contribution in [-0.4, -0.2) is 16.1 Å². The molecule has 2 aromatic heterocycles. The summed E-state index contributed by atoms with van der Waals surface area (Å²) in [6.07, 6.45) is 0. The summed E-state index contributed by atoms with van der Waals surface area (Å²) in [6, 6.07) is 3.93. The van der Waals surface area contributed by atoms with E-state index in [4.69, 9.17) is 10.2 Å². The molecule has 4 nitrogen and oxygen atoms in total. The number of carbonyl (C=O) groups is 1. The maximum absolute atomic E-state index is 11.0. The Morgan fingerprint density at radius 2 is 2.44 bits per heavy atom. The monoisotopic (exact) mass is 282 g/mol. The summed E-state index contributed by atoms with van der Waals surface area (Å²) in [5.41, 5.74) is 6.09. The minimum absolute atomic E-state index is 0.216. The smallest absolute Gasteiger partial charge is 0.236 e. The second-order valence-electron chi connectivity index (χ2n) is 3.85. The minimum Gasteiger partial charge on any atom is -0.440 e. The Kier molecular flexibility index (Phi) is 4.08. The summed E-state index contributed by atoms with van der Waals surface area (Å²) in [7, 11) is 0. The Labute approximate surface area is 114 Å². The van der Waals surface area contributed by atoms with Crippen molar-refractivity contribution in [3.05, 3.63) is 29.0 Å². The number of nitrogens with two attached hydrogens (primary N) is 1. The summed E-state index contributed by atoms with van der Waals surface area (Å²) >= 11 is 3.06. The van der Waals surface area contributed by atoms with Crippen LogP contribution in [0.1, 0.15) is 18.4 Å². The summed E-state index contributed by atoms with van der Waals surface area (Å²) < 4.78 is 5.62. The molecule has 0 aliphatic rings. The van der Waals surface area contributed by atoms with Crippen LogP contribution < -0.4 is 5.73 Å². The van der Waals surface area contributed by atoms with Crippen molar-refractivity contribution >= 4 is 29.0 Å². The van der Waals surface area contributed by atoms with E-state index in [1.807, 2.05) is 24.4 Å². The first-order valence-corrected chi connectivity index (χ1v) is 7.42. The lowest BCUT2D eigenvalue weighted by atomic mass is 10.4. The Bertz CT molecular complexity index is 534. The van der Waals surface area contributed by atoms with Gasteiger partial charge in [0, 0.05) is 5.75 Å². The number of aryl methyl sites for hydroxylation is 1. The molecule has 0 radical (unpaired) electrons. The zero-order chi connectivity index (χ0) is 13.1. The zero-order valence-corrected chi connectivity index (χ0v) is 11.8. The first-order chi connectivity index (χ1) is 8.58. The van der Waals surface area contributed by atoms with Gasteiger partial charge < -0.3 is 10.2 Å². The van der Waals surface area contributed by atoms with Gasteiger partial charge in [-0.25, -0.2) is 4.98 Å². The molecular weight excluding hydrogens is 268 g/mol. The summed E-state index contributed by atoms with van der Waals surface area (Å²) in [5, 5.41) is 1.77. The predicted octanol–water partition coefficient (Wildman–Crippen LogP) is 2.82. The summed E-state index contributed by atoms with van der Waals surface area (Å²) in [6.45, 7) is 3.68. The van der Waals surface area contributed by atoms with E-state index in [-0.39, 0.29) is 11.2 Å². The highest BCUT2D eigenvalue weighted by molar-refractivity contribution is 7.99. The number of hydrogen-bond donors (Lipinski definition) is 1. The molecule has 1 unspecified atom stereocenters.